The van der Waals surface area contributed by atoms with Crippen LogP contribution in [0.25, 0.3) is 0 Å². The predicted molar refractivity (Wildman–Crippen MR) is 80.2 cm³/mol. The third-order valence-corrected chi connectivity index (χ3v) is 5.75. The van der Waals surface area contributed by atoms with Gasteiger partial charge in [0.15, 0.2) is 0 Å². The van der Waals surface area contributed by atoms with Crippen molar-refractivity contribution in [3.63, 3.8) is 0 Å². The van der Waals surface area contributed by atoms with Gasteiger partial charge in [0.2, 0.25) is 10.0 Å². The van der Waals surface area contributed by atoms with Crippen LogP contribution in [0.5, 0.6) is 0 Å². The second-order valence-corrected chi connectivity index (χ2v) is 7.48. The maximum atomic E-state index is 12.9. The van der Waals surface area contributed by atoms with Gasteiger partial charge >= 0.3 is 0 Å². The molecule has 0 bridgehead atoms. The zero-order valence-corrected chi connectivity index (χ0v) is 13.3. The van der Waals surface area contributed by atoms with Gasteiger partial charge in [-0.3, -0.25) is 0 Å². The Labute approximate surface area is 125 Å². The molecule has 5 nitrogen and oxygen atoms in total. The normalized spacial score (nSPS) is 23.9. The molecule has 0 radical (unpaired) electrons. The van der Waals surface area contributed by atoms with E-state index in [1.54, 1.807) is 38.1 Å². The van der Waals surface area contributed by atoms with Gasteiger partial charge in [-0.1, -0.05) is 23.8 Å². The van der Waals surface area contributed by atoms with E-state index in [1.165, 1.54) is 10.4 Å². The third-order valence-electron chi connectivity index (χ3n) is 3.65. The van der Waals surface area contributed by atoms with Crippen molar-refractivity contribution in [1.29, 1.82) is 0 Å². The van der Waals surface area contributed by atoms with Gasteiger partial charge in [-0.05, 0) is 32.9 Å². The van der Waals surface area contributed by atoms with E-state index in [9.17, 15) is 13.5 Å². The van der Waals surface area contributed by atoms with Crippen molar-refractivity contribution in [1.82, 2.24) is 4.31 Å². The highest BCUT2D eigenvalue weighted by molar-refractivity contribution is 7.89. The summed E-state index contributed by atoms with van der Waals surface area (Å²) in [6, 6.07) is 5.95. The van der Waals surface area contributed by atoms with Crippen LogP contribution in [0.3, 0.4) is 0 Å². The summed E-state index contributed by atoms with van der Waals surface area (Å²) in [6.07, 6.45) is 0.347. The number of benzene rings is 1. The van der Waals surface area contributed by atoms with Gasteiger partial charge < -0.3 is 9.84 Å². The van der Waals surface area contributed by atoms with Crippen molar-refractivity contribution in [2.45, 2.75) is 43.5 Å². The van der Waals surface area contributed by atoms with Gasteiger partial charge in [-0.2, -0.15) is 4.31 Å². The predicted octanol–water partition coefficient (Wildman–Crippen LogP) is 1.67. The maximum Gasteiger partial charge on any atom is 0.245 e. The fourth-order valence-electron chi connectivity index (χ4n) is 2.51. The molecule has 1 heterocycles. The Morgan fingerprint density at radius 2 is 2.00 bits per heavy atom. The number of ether oxygens (including phenoxy) is 1. The lowest BCUT2D eigenvalue weighted by Crippen LogP contribution is -2.51. The number of aliphatic hydroxyl groups is 1. The van der Waals surface area contributed by atoms with Crippen LogP contribution in [-0.2, 0) is 14.8 Å². The van der Waals surface area contributed by atoms with Gasteiger partial charge in [0, 0.05) is 0 Å². The summed E-state index contributed by atoms with van der Waals surface area (Å²) in [7, 11) is -3.77. The summed E-state index contributed by atoms with van der Waals surface area (Å²) in [4.78, 5) is 0.188. The second-order valence-electron chi connectivity index (χ2n) is 5.67. The van der Waals surface area contributed by atoms with E-state index in [1.807, 2.05) is 6.92 Å². The second kappa shape index (κ2) is 5.53. The first-order valence-corrected chi connectivity index (χ1v) is 8.20. The number of aliphatic hydroxyl groups excluding tert-OH is 1. The number of hydrogen-bond acceptors (Lipinski definition) is 4. The van der Waals surface area contributed by atoms with Crippen LogP contribution >= 0.6 is 0 Å². The molecule has 1 saturated heterocycles. The first-order chi connectivity index (χ1) is 9.70. The summed E-state index contributed by atoms with van der Waals surface area (Å²) in [5.74, 6) is 0. The molecule has 1 aromatic carbocycles. The van der Waals surface area contributed by atoms with E-state index in [-0.39, 0.29) is 11.5 Å². The van der Waals surface area contributed by atoms with Crippen molar-refractivity contribution < 1.29 is 18.3 Å². The molecule has 0 aromatic heterocycles. The number of nitrogens with zero attached hydrogens (tertiary/aromatic N) is 1. The Balaban J connectivity index is 2.48. The molecule has 6 heteroatoms. The average molecular weight is 311 g/mol. The Kier molecular flexibility index (Phi) is 4.26. The van der Waals surface area contributed by atoms with Crippen LogP contribution in [0.1, 0.15) is 19.4 Å². The van der Waals surface area contributed by atoms with E-state index in [0.717, 1.165) is 5.56 Å². The fraction of sp³-hybridized carbons (Fsp3) is 0.467. The summed E-state index contributed by atoms with van der Waals surface area (Å²) in [5.41, 5.74) is -0.0354. The first-order valence-electron chi connectivity index (χ1n) is 6.76. The lowest BCUT2D eigenvalue weighted by atomic mass is 10.1. The number of rotatable bonds is 4. The monoisotopic (exact) mass is 311 g/mol. The van der Waals surface area contributed by atoms with Gasteiger partial charge in [-0.25, -0.2) is 8.42 Å². The standard InChI is InChI=1S/C15H21NO4S/c1-5-14(17)13-10-20-15(3,4)16(13)21(18,19)12-8-6-11(2)7-9-12/h5-9,13-14,17H,1,10H2,2-4H3/t13-,14+/m1/s1. The van der Waals surface area contributed by atoms with Crippen molar-refractivity contribution in [2.24, 2.45) is 0 Å². The van der Waals surface area contributed by atoms with Crippen LogP contribution in [0.4, 0.5) is 0 Å². The molecular formula is C15H21NO4S. The third kappa shape index (κ3) is 2.89. The number of sulfonamides is 1. The van der Waals surface area contributed by atoms with Crippen molar-refractivity contribution in [3.05, 3.63) is 42.5 Å². The molecule has 1 N–H and O–H groups in total. The summed E-state index contributed by atoms with van der Waals surface area (Å²) in [5, 5.41) is 10.0. The molecular weight excluding hydrogens is 290 g/mol. The summed E-state index contributed by atoms with van der Waals surface area (Å²) >= 11 is 0. The first kappa shape index (κ1) is 16.2. The smallest absolute Gasteiger partial charge is 0.245 e. The van der Waals surface area contributed by atoms with Crippen LogP contribution in [0, 0.1) is 6.92 Å². The highest BCUT2D eigenvalue weighted by Crippen LogP contribution is 2.35. The Bertz CT molecular complexity index is 622. The SMILES string of the molecule is C=C[C@H](O)[C@H]1COC(C)(C)N1S(=O)(=O)c1ccc(C)cc1. The van der Waals surface area contributed by atoms with Crippen LogP contribution in [0.2, 0.25) is 0 Å². The minimum absolute atomic E-state index is 0.130. The van der Waals surface area contributed by atoms with E-state index in [2.05, 4.69) is 6.58 Å². The van der Waals surface area contributed by atoms with Crippen LogP contribution in [-0.4, -0.2) is 42.3 Å². The minimum Gasteiger partial charge on any atom is -0.387 e. The molecule has 2 atom stereocenters. The molecule has 0 unspecified atom stereocenters. The fourth-order valence-corrected chi connectivity index (χ4v) is 4.39. The largest absolute Gasteiger partial charge is 0.387 e. The van der Waals surface area contributed by atoms with Gasteiger partial charge in [0.05, 0.1) is 23.6 Å². The van der Waals surface area contributed by atoms with Gasteiger partial charge in [0.25, 0.3) is 0 Å². The van der Waals surface area contributed by atoms with E-state index < -0.39 is 27.9 Å². The van der Waals surface area contributed by atoms with Crippen LogP contribution in [0.15, 0.2) is 41.8 Å². The number of aryl methyl sites for hydroxylation is 1. The lowest BCUT2D eigenvalue weighted by molar-refractivity contribution is -0.0169. The van der Waals surface area contributed by atoms with Crippen LogP contribution < -0.4 is 0 Å². The van der Waals surface area contributed by atoms with Gasteiger partial charge in [-0.15, -0.1) is 6.58 Å². The molecule has 2 rings (SSSR count). The molecule has 21 heavy (non-hydrogen) atoms. The topological polar surface area (TPSA) is 66.8 Å². The molecule has 0 saturated carbocycles. The zero-order chi connectivity index (χ0) is 15.8. The van der Waals surface area contributed by atoms with E-state index >= 15 is 0 Å². The molecule has 0 aliphatic carbocycles. The van der Waals surface area contributed by atoms with Crippen molar-refractivity contribution >= 4 is 10.0 Å². The Morgan fingerprint density at radius 3 is 2.52 bits per heavy atom. The molecule has 1 aromatic rings. The minimum atomic E-state index is -3.77. The molecule has 0 amide bonds. The summed E-state index contributed by atoms with van der Waals surface area (Å²) in [6.45, 7) is 8.90. The van der Waals surface area contributed by atoms with Gasteiger partial charge in [0.1, 0.15) is 5.72 Å². The molecule has 1 fully saturated rings. The number of hydrogen-bond donors (Lipinski definition) is 1. The maximum absolute atomic E-state index is 12.9. The van der Waals surface area contributed by atoms with Crippen molar-refractivity contribution in [2.75, 3.05) is 6.61 Å². The van der Waals surface area contributed by atoms with Crippen molar-refractivity contribution in [3.8, 4) is 0 Å². The molecule has 1 aliphatic rings. The Hall–Kier alpha value is -1.21. The summed E-state index contributed by atoms with van der Waals surface area (Å²) < 4.78 is 32.6. The molecule has 1 aliphatic heterocycles. The van der Waals surface area contributed by atoms with E-state index in [4.69, 9.17) is 4.74 Å². The quantitative estimate of drug-likeness (QED) is 0.859. The molecule has 0 spiro atoms. The zero-order valence-electron chi connectivity index (χ0n) is 12.5. The van der Waals surface area contributed by atoms with E-state index in [0.29, 0.717) is 0 Å². The highest BCUT2D eigenvalue weighted by atomic mass is 32.2. The Morgan fingerprint density at radius 1 is 1.43 bits per heavy atom. The molecule has 116 valence electrons. The average Bonchev–Trinajstić information content (AvgIpc) is 2.74. The lowest BCUT2D eigenvalue weighted by Gasteiger charge is -2.33. The highest BCUT2D eigenvalue weighted by Gasteiger charge is 2.50.